The van der Waals surface area contributed by atoms with Crippen molar-refractivity contribution in [3.05, 3.63) is 82.2 Å². The molecule has 200 valence electrons. The monoisotopic (exact) mass is 519 g/mol. The average Bonchev–Trinajstić information content (AvgIpc) is 2.92. The number of hydrogen-bond donors (Lipinski definition) is 1. The van der Waals surface area contributed by atoms with Gasteiger partial charge in [-0.05, 0) is 62.6 Å². The molecule has 0 bridgehead atoms. The van der Waals surface area contributed by atoms with Crippen molar-refractivity contribution >= 4 is 17.7 Å². The molecular weight excluding hydrogens is 486 g/mol. The molecule has 1 heterocycles. The molecule has 0 saturated carbocycles. The van der Waals surface area contributed by atoms with Gasteiger partial charge in [-0.1, -0.05) is 24.3 Å². The fraction of sp³-hybridized carbons (Fsp3) is 0.367. The van der Waals surface area contributed by atoms with E-state index in [0.717, 1.165) is 5.56 Å². The first-order valence-electron chi connectivity index (χ1n) is 12.7. The van der Waals surface area contributed by atoms with E-state index in [4.69, 9.17) is 18.9 Å². The number of esters is 2. The minimum Gasteiger partial charge on any atom is -0.497 e. The summed E-state index contributed by atoms with van der Waals surface area (Å²) in [4.78, 5) is 40.9. The van der Waals surface area contributed by atoms with E-state index in [2.05, 4.69) is 5.32 Å². The van der Waals surface area contributed by atoms with Crippen LogP contribution in [0.1, 0.15) is 50.2 Å². The second kappa shape index (κ2) is 11.5. The fourth-order valence-corrected chi connectivity index (χ4v) is 5.36. The Balaban J connectivity index is 1.91. The SMILES string of the molecule is CCOC(=O)C1=C(C)NC2=C(C(=O)C(C(=O)OCC)C(c3cccc(OC)c3)C2)C1c1cccc(OC)c1. The molecule has 38 heavy (non-hydrogen) atoms. The molecule has 0 radical (unpaired) electrons. The third-order valence-corrected chi connectivity index (χ3v) is 7.00. The molecule has 8 heteroatoms. The Hall–Kier alpha value is -4.07. The quantitative estimate of drug-likeness (QED) is 0.404. The summed E-state index contributed by atoms with van der Waals surface area (Å²) in [5, 5.41) is 3.31. The van der Waals surface area contributed by atoms with Gasteiger partial charge in [0, 0.05) is 28.8 Å². The third kappa shape index (κ3) is 5.03. The minimum absolute atomic E-state index is 0.143. The van der Waals surface area contributed by atoms with Crippen LogP contribution in [0.2, 0.25) is 0 Å². The number of allylic oxidation sites excluding steroid dienone is 3. The number of nitrogens with one attached hydrogen (secondary N) is 1. The Morgan fingerprint density at radius 2 is 1.53 bits per heavy atom. The van der Waals surface area contributed by atoms with Gasteiger partial charge in [0.15, 0.2) is 5.78 Å². The van der Waals surface area contributed by atoms with Gasteiger partial charge in [-0.2, -0.15) is 0 Å². The first-order chi connectivity index (χ1) is 18.3. The number of benzene rings is 2. The summed E-state index contributed by atoms with van der Waals surface area (Å²) in [6, 6.07) is 14.6. The van der Waals surface area contributed by atoms with Crippen molar-refractivity contribution in [1.29, 1.82) is 0 Å². The van der Waals surface area contributed by atoms with Crippen LogP contribution in [-0.4, -0.2) is 45.2 Å². The Bertz CT molecular complexity index is 1310. The fourth-order valence-electron chi connectivity index (χ4n) is 5.36. The second-order valence-electron chi connectivity index (χ2n) is 9.17. The number of ketones is 1. The molecule has 0 aromatic heterocycles. The van der Waals surface area contributed by atoms with E-state index in [1.54, 1.807) is 47.1 Å². The molecule has 1 aliphatic carbocycles. The van der Waals surface area contributed by atoms with E-state index in [1.807, 2.05) is 36.4 Å². The number of rotatable bonds is 8. The molecule has 0 saturated heterocycles. The van der Waals surface area contributed by atoms with E-state index >= 15 is 0 Å². The zero-order valence-electron chi connectivity index (χ0n) is 22.3. The van der Waals surface area contributed by atoms with E-state index in [0.29, 0.717) is 46.0 Å². The van der Waals surface area contributed by atoms with Crippen molar-refractivity contribution in [2.24, 2.45) is 5.92 Å². The maximum absolute atomic E-state index is 14.3. The van der Waals surface area contributed by atoms with Crippen LogP contribution < -0.4 is 14.8 Å². The van der Waals surface area contributed by atoms with Crippen LogP contribution in [0.15, 0.2) is 71.1 Å². The van der Waals surface area contributed by atoms with Crippen molar-refractivity contribution < 1.29 is 33.3 Å². The standard InChI is InChI=1S/C30H33NO7/c1-6-37-29(33)24-17(3)31-23-16-22(18-10-8-12-20(14-18)35-4)26(30(34)38-7-2)28(32)27(23)25(24)19-11-9-13-21(15-19)36-5/h8-15,22,25-26,31H,6-7,16H2,1-5H3. The maximum Gasteiger partial charge on any atom is 0.336 e. The highest BCUT2D eigenvalue weighted by Crippen LogP contribution is 2.48. The van der Waals surface area contributed by atoms with Gasteiger partial charge in [-0.25, -0.2) is 4.79 Å². The minimum atomic E-state index is -1.09. The zero-order valence-corrected chi connectivity index (χ0v) is 22.3. The van der Waals surface area contributed by atoms with Crippen LogP contribution in [-0.2, 0) is 23.9 Å². The van der Waals surface area contributed by atoms with Crippen LogP contribution in [0.25, 0.3) is 0 Å². The van der Waals surface area contributed by atoms with Gasteiger partial charge < -0.3 is 24.3 Å². The van der Waals surface area contributed by atoms with Gasteiger partial charge >= 0.3 is 11.9 Å². The summed E-state index contributed by atoms with van der Waals surface area (Å²) in [6.07, 6.45) is 0.367. The lowest BCUT2D eigenvalue weighted by atomic mass is 9.67. The number of carbonyl (C=O) groups excluding carboxylic acids is 3. The van der Waals surface area contributed by atoms with Gasteiger partial charge in [0.1, 0.15) is 17.4 Å². The Labute approximate surface area is 222 Å². The second-order valence-corrected chi connectivity index (χ2v) is 9.17. The topological polar surface area (TPSA) is 100 Å². The lowest BCUT2D eigenvalue weighted by Crippen LogP contribution is -2.43. The molecule has 2 aromatic carbocycles. The van der Waals surface area contributed by atoms with E-state index < -0.39 is 29.7 Å². The summed E-state index contributed by atoms with van der Waals surface area (Å²) in [7, 11) is 3.13. The predicted molar refractivity (Wildman–Crippen MR) is 141 cm³/mol. The summed E-state index contributed by atoms with van der Waals surface area (Å²) >= 11 is 0. The molecule has 1 N–H and O–H groups in total. The summed E-state index contributed by atoms with van der Waals surface area (Å²) in [5.74, 6) is -2.59. The normalized spacial score (nSPS) is 20.9. The molecule has 4 rings (SSSR count). The largest absolute Gasteiger partial charge is 0.497 e. The van der Waals surface area contributed by atoms with Gasteiger partial charge in [0.2, 0.25) is 0 Å². The lowest BCUT2D eigenvalue weighted by Gasteiger charge is -2.39. The molecule has 0 fully saturated rings. The van der Waals surface area contributed by atoms with Gasteiger partial charge in [0.05, 0.1) is 33.0 Å². The van der Waals surface area contributed by atoms with Crippen LogP contribution in [0.5, 0.6) is 11.5 Å². The first-order valence-corrected chi connectivity index (χ1v) is 12.7. The molecule has 8 nitrogen and oxygen atoms in total. The van der Waals surface area contributed by atoms with E-state index in [9.17, 15) is 14.4 Å². The van der Waals surface area contributed by atoms with Crippen LogP contribution >= 0.6 is 0 Å². The highest BCUT2D eigenvalue weighted by Gasteiger charge is 2.49. The van der Waals surface area contributed by atoms with Crippen molar-refractivity contribution in [1.82, 2.24) is 5.32 Å². The lowest BCUT2D eigenvalue weighted by molar-refractivity contribution is -0.152. The summed E-state index contributed by atoms with van der Waals surface area (Å²) < 4.78 is 21.6. The highest BCUT2D eigenvalue weighted by molar-refractivity contribution is 6.13. The molecule has 1 aliphatic heterocycles. The molecule has 0 spiro atoms. The third-order valence-electron chi connectivity index (χ3n) is 7.00. The maximum atomic E-state index is 14.3. The molecule has 0 amide bonds. The van der Waals surface area contributed by atoms with Crippen molar-refractivity contribution in [2.75, 3.05) is 27.4 Å². The molecule has 3 atom stereocenters. The predicted octanol–water partition coefficient (Wildman–Crippen LogP) is 4.42. The first kappa shape index (κ1) is 27.0. The van der Waals surface area contributed by atoms with Crippen LogP contribution in [0.4, 0.5) is 0 Å². The van der Waals surface area contributed by atoms with Crippen molar-refractivity contribution in [3.63, 3.8) is 0 Å². The smallest absolute Gasteiger partial charge is 0.336 e. The molecule has 3 unspecified atom stereocenters. The van der Waals surface area contributed by atoms with Gasteiger partial charge in [-0.3, -0.25) is 9.59 Å². The Morgan fingerprint density at radius 3 is 2.13 bits per heavy atom. The van der Waals surface area contributed by atoms with Gasteiger partial charge in [-0.15, -0.1) is 0 Å². The highest BCUT2D eigenvalue weighted by atomic mass is 16.5. The number of methoxy groups -OCH3 is 2. The Kier molecular flexibility index (Phi) is 8.20. The van der Waals surface area contributed by atoms with Crippen molar-refractivity contribution in [3.8, 4) is 11.5 Å². The van der Waals surface area contributed by atoms with E-state index in [1.165, 1.54) is 0 Å². The van der Waals surface area contributed by atoms with Crippen molar-refractivity contribution in [2.45, 2.75) is 39.0 Å². The number of dihydropyridines is 1. The van der Waals surface area contributed by atoms with Crippen LogP contribution in [0.3, 0.4) is 0 Å². The number of hydrogen-bond acceptors (Lipinski definition) is 8. The number of ether oxygens (including phenoxy) is 4. The van der Waals surface area contributed by atoms with Gasteiger partial charge in [0.25, 0.3) is 0 Å². The van der Waals surface area contributed by atoms with E-state index in [-0.39, 0.29) is 19.0 Å². The Morgan fingerprint density at radius 1 is 0.921 bits per heavy atom. The molecule has 2 aliphatic rings. The molecular formula is C30H33NO7. The summed E-state index contributed by atoms with van der Waals surface area (Å²) in [5.41, 5.74) is 3.44. The summed E-state index contributed by atoms with van der Waals surface area (Å²) in [6.45, 7) is 5.57. The zero-order chi connectivity index (χ0) is 27.4. The number of Topliss-reactive ketones (excluding diaryl/α,β-unsaturated/α-hetero) is 1. The average molecular weight is 520 g/mol. The molecule has 2 aromatic rings. The van der Waals surface area contributed by atoms with Crippen LogP contribution in [0, 0.1) is 5.92 Å². The number of carbonyl (C=O) groups is 3.